The van der Waals surface area contributed by atoms with Crippen LogP contribution in [0.15, 0.2) is 24.3 Å². The summed E-state index contributed by atoms with van der Waals surface area (Å²) in [4.78, 5) is 0. The summed E-state index contributed by atoms with van der Waals surface area (Å²) in [6.07, 6.45) is 9.00. The monoisotopic (exact) mass is 287 g/mol. The first kappa shape index (κ1) is 15.1. The van der Waals surface area contributed by atoms with E-state index in [2.05, 4.69) is 36.5 Å². The molecular formula is C19H29NO. The fraction of sp³-hybridized carbons (Fsp3) is 0.684. The zero-order valence-electron chi connectivity index (χ0n) is 13.5. The molecule has 1 aromatic rings. The second-order valence-electron chi connectivity index (χ2n) is 6.85. The number of methoxy groups -OCH3 is 1. The number of hydrogen-bond donors (Lipinski definition) is 1. The highest BCUT2D eigenvalue weighted by Crippen LogP contribution is 2.42. The summed E-state index contributed by atoms with van der Waals surface area (Å²) in [5, 5.41) is 3.65. The van der Waals surface area contributed by atoms with Crippen molar-refractivity contribution in [3.05, 3.63) is 35.4 Å². The first-order chi connectivity index (χ1) is 10.3. The van der Waals surface area contributed by atoms with Crippen LogP contribution in [0.5, 0.6) is 0 Å². The second-order valence-corrected chi connectivity index (χ2v) is 6.85. The van der Waals surface area contributed by atoms with E-state index < -0.39 is 0 Å². The summed E-state index contributed by atoms with van der Waals surface area (Å²) in [7, 11) is 1.88. The molecule has 0 aliphatic heterocycles. The van der Waals surface area contributed by atoms with E-state index in [9.17, 15) is 0 Å². The van der Waals surface area contributed by atoms with E-state index in [-0.39, 0.29) is 5.60 Å². The molecule has 0 radical (unpaired) electrons. The first-order valence-corrected chi connectivity index (χ1v) is 8.65. The van der Waals surface area contributed by atoms with Crippen molar-refractivity contribution in [1.29, 1.82) is 0 Å². The van der Waals surface area contributed by atoms with Crippen LogP contribution in [0.3, 0.4) is 0 Å². The Morgan fingerprint density at radius 1 is 1.19 bits per heavy atom. The van der Waals surface area contributed by atoms with Crippen LogP contribution in [0, 0.1) is 0 Å². The molecule has 1 unspecified atom stereocenters. The van der Waals surface area contributed by atoms with E-state index in [4.69, 9.17) is 4.74 Å². The van der Waals surface area contributed by atoms with Crippen LogP contribution in [0.4, 0.5) is 0 Å². The topological polar surface area (TPSA) is 21.3 Å². The fourth-order valence-electron chi connectivity index (χ4n) is 3.73. The van der Waals surface area contributed by atoms with Crippen molar-refractivity contribution in [2.75, 3.05) is 13.7 Å². The minimum atomic E-state index is 0.124. The molecule has 1 atom stereocenters. The van der Waals surface area contributed by atoms with Gasteiger partial charge in [0.2, 0.25) is 0 Å². The van der Waals surface area contributed by atoms with Gasteiger partial charge in [-0.2, -0.15) is 0 Å². The average Bonchev–Trinajstić information content (AvgIpc) is 2.41. The van der Waals surface area contributed by atoms with Crippen molar-refractivity contribution >= 4 is 0 Å². The Labute approximate surface area is 129 Å². The van der Waals surface area contributed by atoms with Crippen LogP contribution in [-0.4, -0.2) is 19.3 Å². The molecule has 0 heterocycles. The minimum absolute atomic E-state index is 0.124. The average molecular weight is 287 g/mol. The molecule has 0 aromatic heterocycles. The SMILES string of the molecule is CCNC(CC1(OC)CCC1)c1ccc(C2CCC2)cc1. The second kappa shape index (κ2) is 6.50. The maximum absolute atomic E-state index is 5.82. The molecule has 116 valence electrons. The first-order valence-electron chi connectivity index (χ1n) is 8.65. The standard InChI is InChI=1S/C19H29NO/c1-3-20-18(14-19(21-2)12-5-13-19)17-10-8-16(9-11-17)15-6-4-7-15/h8-11,15,18,20H,3-7,12-14H2,1-2H3. The number of nitrogens with one attached hydrogen (secondary N) is 1. The van der Waals surface area contributed by atoms with Gasteiger partial charge in [-0.1, -0.05) is 37.6 Å². The number of hydrogen-bond acceptors (Lipinski definition) is 2. The molecule has 2 heteroatoms. The molecule has 3 rings (SSSR count). The van der Waals surface area contributed by atoms with E-state index in [0.29, 0.717) is 6.04 Å². The third kappa shape index (κ3) is 3.17. The van der Waals surface area contributed by atoms with Gasteiger partial charge >= 0.3 is 0 Å². The summed E-state index contributed by atoms with van der Waals surface area (Å²) in [5.74, 6) is 0.827. The van der Waals surface area contributed by atoms with Gasteiger partial charge in [0.15, 0.2) is 0 Å². The van der Waals surface area contributed by atoms with Crippen molar-refractivity contribution in [1.82, 2.24) is 5.32 Å². The van der Waals surface area contributed by atoms with E-state index >= 15 is 0 Å². The molecule has 2 nitrogen and oxygen atoms in total. The predicted molar refractivity (Wildman–Crippen MR) is 87.7 cm³/mol. The summed E-state index contributed by atoms with van der Waals surface area (Å²) in [6.45, 7) is 3.20. The molecule has 2 fully saturated rings. The van der Waals surface area contributed by atoms with Crippen LogP contribution in [0.25, 0.3) is 0 Å². The molecule has 0 amide bonds. The highest BCUT2D eigenvalue weighted by Gasteiger charge is 2.39. The maximum Gasteiger partial charge on any atom is 0.0697 e. The van der Waals surface area contributed by atoms with Crippen molar-refractivity contribution in [2.45, 2.75) is 69.4 Å². The molecule has 21 heavy (non-hydrogen) atoms. The largest absolute Gasteiger partial charge is 0.378 e. The summed E-state index contributed by atoms with van der Waals surface area (Å²) in [6, 6.07) is 9.80. The molecule has 1 aromatic carbocycles. The van der Waals surface area contributed by atoms with Crippen molar-refractivity contribution < 1.29 is 4.74 Å². The van der Waals surface area contributed by atoms with E-state index in [0.717, 1.165) is 18.9 Å². The number of benzene rings is 1. The lowest BCUT2D eigenvalue weighted by atomic mass is 9.74. The fourth-order valence-corrected chi connectivity index (χ4v) is 3.73. The quantitative estimate of drug-likeness (QED) is 0.793. The van der Waals surface area contributed by atoms with Crippen molar-refractivity contribution in [3.8, 4) is 0 Å². The third-order valence-corrected chi connectivity index (χ3v) is 5.64. The molecule has 2 saturated carbocycles. The zero-order valence-corrected chi connectivity index (χ0v) is 13.5. The Hall–Kier alpha value is -0.860. The van der Waals surface area contributed by atoms with Crippen LogP contribution < -0.4 is 5.32 Å². The lowest BCUT2D eigenvalue weighted by molar-refractivity contribution is -0.0837. The van der Waals surface area contributed by atoms with Gasteiger partial charge in [-0.05, 0) is 62.1 Å². The number of ether oxygens (including phenoxy) is 1. The smallest absolute Gasteiger partial charge is 0.0697 e. The summed E-state index contributed by atoms with van der Waals surface area (Å²) in [5.41, 5.74) is 3.08. The van der Waals surface area contributed by atoms with E-state index in [1.807, 2.05) is 7.11 Å². The minimum Gasteiger partial charge on any atom is -0.378 e. The van der Waals surface area contributed by atoms with Gasteiger partial charge in [-0.15, -0.1) is 0 Å². The molecular weight excluding hydrogens is 258 g/mol. The Bertz CT molecular complexity index is 440. The lowest BCUT2D eigenvalue weighted by Crippen LogP contribution is -2.42. The summed E-state index contributed by atoms with van der Waals surface area (Å²) < 4.78 is 5.82. The number of rotatable bonds is 7. The van der Waals surface area contributed by atoms with Gasteiger partial charge in [-0.3, -0.25) is 0 Å². The van der Waals surface area contributed by atoms with Crippen LogP contribution in [0.2, 0.25) is 0 Å². The van der Waals surface area contributed by atoms with Crippen molar-refractivity contribution in [3.63, 3.8) is 0 Å². The molecule has 2 aliphatic carbocycles. The summed E-state index contributed by atoms with van der Waals surface area (Å²) >= 11 is 0. The lowest BCUT2D eigenvalue weighted by Gasteiger charge is -2.43. The van der Waals surface area contributed by atoms with Gasteiger partial charge in [0.05, 0.1) is 5.60 Å². The maximum atomic E-state index is 5.82. The van der Waals surface area contributed by atoms with Crippen LogP contribution >= 0.6 is 0 Å². The Morgan fingerprint density at radius 2 is 1.90 bits per heavy atom. The predicted octanol–water partition coefficient (Wildman–Crippen LogP) is 4.56. The van der Waals surface area contributed by atoms with Gasteiger partial charge < -0.3 is 10.1 Å². The van der Waals surface area contributed by atoms with Gasteiger partial charge in [0.1, 0.15) is 0 Å². The molecule has 0 bridgehead atoms. The molecule has 0 spiro atoms. The molecule has 1 N–H and O–H groups in total. The third-order valence-electron chi connectivity index (χ3n) is 5.64. The Balaban J connectivity index is 1.70. The van der Waals surface area contributed by atoms with Gasteiger partial charge in [-0.25, -0.2) is 0 Å². The highest BCUT2D eigenvalue weighted by atomic mass is 16.5. The van der Waals surface area contributed by atoms with Gasteiger partial charge in [0.25, 0.3) is 0 Å². The molecule has 2 aliphatic rings. The Morgan fingerprint density at radius 3 is 2.33 bits per heavy atom. The van der Waals surface area contributed by atoms with E-state index in [1.54, 1.807) is 0 Å². The molecule has 0 saturated heterocycles. The van der Waals surface area contributed by atoms with Crippen LogP contribution in [-0.2, 0) is 4.74 Å². The van der Waals surface area contributed by atoms with E-state index in [1.165, 1.54) is 49.7 Å². The van der Waals surface area contributed by atoms with Crippen LogP contribution in [0.1, 0.15) is 75.0 Å². The van der Waals surface area contributed by atoms with Crippen molar-refractivity contribution in [2.24, 2.45) is 0 Å². The highest BCUT2D eigenvalue weighted by molar-refractivity contribution is 5.29. The van der Waals surface area contributed by atoms with Gasteiger partial charge in [0, 0.05) is 13.2 Å². The zero-order chi connectivity index (χ0) is 14.7. The normalized spacial score (nSPS) is 22.4. The Kier molecular flexibility index (Phi) is 4.66.